The lowest BCUT2D eigenvalue weighted by atomic mass is 9.99. The van der Waals surface area contributed by atoms with E-state index in [1.165, 1.54) is 0 Å². The molecule has 0 saturated heterocycles. The van der Waals surface area contributed by atoms with Crippen LogP contribution in [0.5, 0.6) is 5.75 Å². The monoisotopic (exact) mass is 551 g/mol. The number of aromatic nitrogens is 3. The van der Waals surface area contributed by atoms with Crippen LogP contribution in [0, 0.1) is 13.8 Å². The minimum atomic E-state index is -0.169. The highest BCUT2D eigenvalue weighted by Crippen LogP contribution is 2.37. The van der Waals surface area contributed by atoms with Gasteiger partial charge in [0.15, 0.2) is 5.78 Å². The van der Waals surface area contributed by atoms with Crippen molar-refractivity contribution in [2.45, 2.75) is 40.5 Å². The van der Waals surface area contributed by atoms with Crippen molar-refractivity contribution in [2.24, 2.45) is 0 Å². The summed E-state index contributed by atoms with van der Waals surface area (Å²) in [6.45, 7) is 11.0. The first-order valence-electron chi connectivity index (χ1n) is 14.2. The predicted octanol–water partition coefficient (Wildman–Crippen LogP) is 6.29. The van der Waals surface area contributed by atoms with Crippen LogP contribution >= 0.6 is 0 Å². The number of anilines is 1. The second-order valence-electron chi connectivity index (χ2n) is 10.3. The minimum absolute atomic E-state index is 0.137. The van der Waals surface area contributed by atoms with E-state index in [0.717, 1.165) is 82.5 Å². The molecule has 8 heteroatoms. The third-order valence-electron chi connectivity index (χ3n) is 7.86. The Morgan fingerprint density at radius 1 is 1.10 bits per heavy atom. The van der Waals surface area contributed by atoms with Crippen LogP contribution in [-0.2, 0) is 4.79 Å². The molecule has 0 fully saturated rings. The van der Waals surface area contributed by atoms with Gasteiger partial charge in [0.25, 0.3) is 5.91 Å². The van der Waals surface area contributed by atoms with Crippen LogP contribution in [0.4, 0.5) is 5.69 Å². The summed E-state index contributed by atoms with van der Waals surface area (Å²) in [5, 5.41) is 7.52. The van der Waals surface area contributed by atoms with Crippen molar-refractivity contribution in [2.75, 3.05) is 32.1 Å². The number of H-pyrrole nitrogens is 1. The number of aryl methyl sites for hydroxylation is 1. The maximum atomic E-state index is 13.2. The van der Waals surface area contributed by atoms with Crippen molar-refractivity contribution < 1.29 is 14.3 Å². The molecule has 1 aliphatic rings. The summed E-state index contributed by atoms with van der Waals surface area (Å²) in [5.74, 6) is 0.714. The van der Waals surface area contributed by atoms with Gasteiger partial charge >= 0.3 is 0 Å². The second-order valence-corrected chi connectivity index (χ2v) is 10.3. The Hall–Kier alpha value is -4.43. The number of hydrogen-bond donors (Lipinski definition) is 2. The third kappa shape index (κ3) is 5.60. The smallest absolute Gasteiger partial charge is 0.256 e. The van der Waals surface area contributed by atoms with Gasteiger partial charge in [0.05, 0.1) is 30.3 Å². The summed E-state index contributed by atoms with van der Waals surface area (Å²) in [4.78, 5) is 32.0. The first kappa shape index (κ1) is 28.1. The van der Waals surface area contributed by atoms with Crippen LogP contribution < -0.4 is 10.1 Å². The molecule has 8 nitrogen and oxygen atoms in total. The fraction of sp³-hybridized carbons (Fsp3) is 0.303. The zero-order chi connectivity index (χ0) is 29.1. The van der Waals surface area contributed by atoms with Crippen molar-refractivity contribution in [1.29, 1.82) is 0 Å². The van der Waals surface area contributed by atoms with Crippen molar-refractivity contribution in [1.82, 2.24) is 19.7 Å². The average Bonchev–Trinajstić information content (AvgIpc) is 3.66. The fourth-order valence-electron chi connectivity index (χ4n) is 5.57. The maximum Gasteiger partial charge on any atom is 0.256 e. The molecule has 4 aromatic rings. The number of ketones is 1. The van der Waals surface area contributed by atoms with Crippen LogP contribution in [0.2, 0.25) is 0 Å². The summed E-state index contributed by atoms with van der Waals surface area (Å²) < 4.78 is 7.25. The molecule has 0 aliphatic carbocycles. The Kier molecular flexibility index (Phi) is 8.21. The first-order valence-corrected chi connectivity index (χ1v) is 14.2. The van der Waals surface area contributed by atoms with Crippen LogP contribution in [0.25, 0.3) is 28.6 Å². The number of ether oxygens (including phenoxy) is 1. The number of carbonyl (C=O) groups is 2. The number of Topliss-reactive ketones (excluding diaryl/α,β-unsaturated/α-hetero) is 1. The van der Waals surface area contributed by atoms with Gasteiger partial charge < -0.3 is 19.9 Å². The van der Waals surface area contributed by atoms with E-state index in [-0.39, 0.29) is 11.7 Å². The largest absolute Gasteiger partial charge is 0.497 e. The molecule has 0 radical (unpaired) electrons. The molecular formula is C33H37N5O3. The molecule has 3 heterocycles. The number of amides is 1. The number of methoxy groups -OCH3 is 1. The van der Waals surface area contributed by atoms with Gasteiger partial charge in [-0.05, 0) is 81.9 Å². The molecule has 212 valence electrons. The highest BCUT2D eigenvalue weighted by atomic mass is 16.5. The van der Waals surface area contributed by atoms with Gasteiger partial charge in [-0.25, -0.2) is 4.68 Å². The molecule has 2 aromatic carbocycles. The van der Waals surface area contributed by atoms with E-state index in [9.17, 15) is 9.59 Å². The SMILES string of the molecule is CCN(CC)CCCC(=O)c1c(C)[nH]c(/C=C2\C(=O)Nc3ccc(-c4ccnn4-c4cccc(OC)c4)cc32)c1C. The molecule has 0 saturated carbocycles. The van der Waals surface area contributed by atoms with Crippen LogP contribution in [0.1, 0.15) is 59.6 Å². The van der Waals surface area contributed by atoms with Gasteiger partial charge in [-0.2, -0.15) is 5.10 Å². The molecule has 1 amide bonds. The lowest BCUT2D eigenvalue weighted by Gasteiger charge is -2.17. The number of hydrogen-bond acceptors (Lipinski definition) is 5. The zero-order valence-electron chi connectivity index (χ0n) is 24.4. The standard InChI is InChI=1S/C33H37N5O3/c1-6-37(7-2)17-9-12-31(39)32-21(3)29(35-22(32)4)20-27-26-18-23(13-14-28(26)36-33(27)40)30-15-16-34-38(30)24-10-8-11-25(19-24)41-5/h8,10-11,13-16,18-20,35H,6-7,9,12,17H2,1-5H3,(H,36,40)/b27-20-. The van der Waals surface area contributed by atoms with Crippen molar-refractivity contribution in [3.63, 3.8) is 0 Å². The van der Waals surface area contributed by atoms with Crippen molar-refractivity contribution in [3.8, 4) is 22.7 Å². The van der Waals surface area contributed by atoms with E-state index >= 15 is 0 Å². The van der Waals surface area contributed by atoms with Gasteiger partial charge in [-0.1, -0.05) is 26.0 Å². The maximum absolute atomic E-state index is 13.2. The highest BCUT2D eigenvalue weighted by Gasteiger charge is 2.26. The van der Waals surface area contributed by atoms with Crippen LogP contribution in [0.15, 0.2) is 54.7 Å². The normalized spacial score (nSPS) is 13.6. The predicted molar refractivity (Wildman–Crippen MR) is 164 cm³/mol. The Balaban J connectivity index is 1.45. The zero-order valence-corrected chi connectivity index (χ0v) is 24.4. The molecule has 2 aromatic heterocycles. The van der Waals surface area contributed by atoms with Gasteiger partial charge in [0.1, 0.15) is 5.75 Å². The van der Waals surface area contributed by atoms with E-state index in [1.807, 2.05) is 73.1 Å². The van der Waals surface area contributed by atoms with E-state index in [0.29, 0.717) is 12.0 Å². The van der Waals surface area contributed by atoms with Gasteiger partial charge in [0, 0.05) is 46.3 Å². The average molecular weight is 552 g/mol. The van der Waals surface area contributed by atoms with Crippen LogP contribution in [-0.4, -0.2) is 58.1 Å². The molecule has 1 aliphatic heterocycles. The van der Waals surface area contributed by atoms with E-state index in [2.05, 4.69) is 34.1 Å². The van der Waals surface area contributed by atoms with Crippen molar-refractivity contribution in [3.05, 3.63) is 82.8 Å². The topological polar surface area (TPSA) is 92.3 Å². The summed E-state index contributed by atoms with van der Waals surface area (Å²) >= 11 is 0. The Morgan fingerprint density at radius 2 is 1.90 bits per heavy atom. The molecule has 0 spiro atoms. The summed E-state index contributed by atoms with van der Waals surface area (Å²) in [5.41, 5.74) is 8.02. The lowest BCUT2D eigenvalue weighted by Crippen LogP contribution is -2.24. The van der Waals surface area contributed by atoms with Gasteiger partial charge in [-0.3, -0.25) is 9.59 Å². The van der Waals surface area contributed by atoms with Gasteiger partial charge in [0.2, 0.25) is 0 Å². The number of nitrogens with zero attached hydrogens (tertiary/aromatic N) is 3. The number of benzene rings is 2. The number of rotatable bonds is 11. The summed E-state index contributed by atoms with van der Waals surface area (Å²) in [6.07, 6.45) is 4.94. The molecular weight excluding hydrogens is 514 g/mol. The van der Waals surface area contributed by atoms with Crippen LogP contribution in [0.3, 0.4) is 0 Å². The molecule has 0 unspecified atom stereocenters. The number of carbonyl (C=O) groups excluding carboxylic acids is 2. The van der Waals surface area contributed by atoms with E-state index < -0.39 is 0 Å². The van der Waals surface area contributed by atoms with E-state index in [1.54, 1.807) is 13.3 Å². The van der Waals surface area contributed by atoms with E-state index in [4.69, 9.17) is 4.74 Å². The number of nitrogens with one attached hydrogen (secondary N) is 2. The Bertz CT molecular complexity index is 1620. The number of aromatic amines is 1. The Morgan fingerprint density at radius 3 is 2.66 bits per heavy atom. The molecule has 2 N–H and O–H groups in total. The molecule has 0 atom stereocenters. The molecule has 41 heavy (non-hydrogen) atoms. The summed E-state index contributed by atoms with van der Waals surface area (Å²) in [7, 11) is 1.64. The number of fused-ring (bicyclic) bond motifs is 1. The first-order chi connectivity index (χ1) is 19.8. The molecule has 0 bridgehead atoms. The van der Waals surface area contributed by atoms with Gasteiger partial charge in [-0.15, -0.1) is 0 Å². The Labute approximate surface area is 241 Å². The summed E-state index contributed by atoms with van der Waals surface area (Å²) in [6, 6.07) is 15.6. The minimum Gasteiger partial charge on any atom is -0.497 e. The fourth-order valence-corrected chi connectivity index (χ4v) is 5.57. The quantitative estimate of drug-likeness (QED) is 0.169. The second kappa shape index (κ2) is 12.0. The molecule has 5 rings (SSSR count). The van der Waals surface area contributed by atoms with Crippen molar-refractivity contribution >= 4 is 29.0 Å². The lowest BCUT2D eigenvalue weighted by molar-refractivity contribution is -0.110. The highest BCUT2D eigenvalue weighted by molar-refractivity contribution is 6.35. The third-order valence-corrected chi connectivity index (χ3v) is 7.86.